The molecule has 1 aromatic heterocycles. The molecule has 1 unspecified atom stereocenters. The van der Waals surface area contributed by atoms with E-state index in [0.717, 1.165) is 70.3 Å². The van der Waals surface area contributed by atoms with Crippen LogP contribution in [0.25, 0.3) is 0 Å². The van der Waals surface area contributed by atoms with Gasteiger partial charge in [-0.3, -0.25) is 0 Å². The van der Waals surface area contributed by atoms with Gasteiger partial charge in [0.05, 0.1) is 25.0 Å². The molecule has 7 nitrogen and oxygen atoms in total. The smallest absolute Gasteiger partial charge is 0.216 e. The lowest BCUT2D eigenvalue weighted by Crippen LogP contribution is -2.47. The Morgan fingerprint density at radius 1 is 1.32 bits per heavy atom. The van der Waals surface area contributed by atoms with E-state index in [2.05, 4.69) is 42.9 Å². The highest BCUT2D eigenvalue weighted by atomic mass is 16.5. The topological polar surface area (TPSA) is 72.1 Å². The van der Waals surface area contributed by atoms with Crippen molar-refractivity contribution in [3.63, 3.8) is 0 Å². The lowest BCUT2D eigenvalue weighted by Gasteiger charge is -2.34. The Bertz CT molecular complexity index is 624. The Labute approximate surface area is 168 Å². The first-order valence-corrected chi connectivity index (χ1v) is 10.7. The average molecular weight is 393 g/mol. The van der Waals surface area contributed by atoms with Crippen molar-refractivity contribution >= 4 is 5.96 Å². The molecule has 0 saturated carbocycles. The summed E-state index contributed by atoms with van der Waals surface area (Å²) in [5.41, 5.74) is -0.0368. The van der Waals surface area contributed by atoms with Crippen molar-refractivity contribution in [1.29, 1.82) is 0 Å². The highest BCUT2D eigenvalue weighted by Crippen LogP contribution is 2.23. The maximum absolute atomic E-state index is 6.08. The summed E-state index contributed by atoms with van der Waals surface area (Å²) in [6, 6.07) is 0. The highest BCUT2D eigenvalue weighted by molar-refractivity contribution is 5.80. The Hall–Kier alpha value is -1.60. The number of guanidine groups is 1. The molecule has 0 aliphatic carbocycles. The van der Waals surface area contributed by atoms with Crippen LogP contribution < -0.4 is 5.32 Å². The first kappa shape index (κ1) is 21.1. The summed E-state index contributed by atoms with van der Waals surface area (Å²) in [7, 11) is 0. The Morgan fingerprint density at radius 3 is 2.71 bits per heavy atom. The van der Waals surface area contributed by atoms with Gasteiger partial charge in [0.2, 0.25) is 5.89 Å². The summed E-state index contributed by atoms with van der Waals surface area (Å²) in [5, 5.41) is 3.40. The van der Waals surface area contributed by atoms with Crippen LogP contribution in [0.1, 0.15) is 65.0 Å². The SMILES string of the molecule is CCNC(=NCc1ncc(C(C)(C)C)o1)N1CCC(OCC2CCCO2)CC1. The van der Waals surface area contributed by atoms with E-state index in [1.807, 2.05) is 6.20 Å². The van der Waals surface area contributed by atoms with Gasteiger partial charge in [-0.1, -0.05) is 20.8 Å². The van der Waals surface area contributed by atoms with E-state index in [9.17, 15) is 0 Å². The first-order chi connectivity index (χ1) is 13.5. The molecule has 2 aliphatic heterocycles. The fourth-order valence-corrected chi connectivity index (χ4v) is 3.55. The molecule has 7 heteroatoms. The quantitative estimate of drug-likeness (QED) is 0.592. The fraction of sp³-hybridized carbons (Fsp3) is 0.810. The summed E-state index contributed by atoms with van der Waals surface area (Å²) >= 11 is 0. The molecule has 3 rings (SSSR count). The minimum Gasteiger partial charge on any atom is -0.443 e. The van der Waals surface area contributed by atoms with Gasteiger partial charge < -0.3 is 24.1 Å². The van der Waals surface area contributed by atoms with Crippen LogP contribution in [0.5, 0.6) is 0 Å². The molecule has 0 bridgehead atoms. The molecule has 28 heavy (non-hydrogen) atoms. The molecule has 1 aromatic rings. The van der Waals surface area contributed by atoms with Gasteiger partial charge in [0.1, 0.15) is 12.3 Å². The summed E-state index contributed by atoms with van der Waals surface area (Å²) in [4.78, 5) is 11.4. The maximum atomic E-state index is 6.08. The lowest BCUT2D eigenvalue weighted by molar-refractivity contribution is -0.0367. The third-order valence-electron chi connectivity index (χ3n) is 5.28. The molecule has 158 valence electrons. The Morgan fingerprint density at radius 2 is 2.11 bits per heavy atom. The van der Waals surface area contributed by atoms with Crippen molar-refractivity contribution in [2.75, 3.05) is 32.8 Å². The number of piperidine rings is 1. The third-order valence-corrected chi connectivity index (χ3v) is 5.28. The van der Waals surface area contributed by atoms with Crippen LogP contribution in [0, 0.1) is 0 Å². The van der Waals surface area contributed by atoms with Gasteiger partial charge in [0, 0.05) is 31.7 Å². The highest BCUT2D eigenvalue weighted by Gasteiger charge is 2.24. The Kier molecular flexibility index (Phi) is 7.35. The van der Waals surface area contributed by atoms with E-state index in [1.165, 1.54) is 0 Å². The number of nitrogens with one attached hydrogen (secondary N) is 1. The van der Waals surface area contributed by atoms with Crippen LogP contribution in [0.3, 0.4) is 0 Å². The molecule has 0 radical (unpaired) electrons. The number of hydrogen-bond acceptors (Lipinski definition) is 5. The van der Waals surface area contributed by atoms with Crippen molar-refractivity contribution in [3.05, 3.63) is 17.8 Å². The molecular formula is C21H36N4O3. The van der Waals surface area contributed by atoms with Crippen molar-refractivity contribution in [1.82, 2.24) is 15.2 Å². The monoisotopic (exact) mass is 392 g/mol. The van der Waals surface area contributed by atoms with E-state index in [-0.39, 0.29) is 5.41 Å². The lowest BCUT2D eigenvalue weighted by atomic mass is 9.94. The molecule has 0 aromatic carbocycles. The van der Waals surface area contributed by atoms with Crippen molar-refractivity contribution in [2.45, 2.75) is 77.5 Å². The van der Waals surface area contributed by atoms with E-state index >= 15 is 0 Å². The molecule has 1 atom stereocenters. The number of nitrogens with zero attached hydrogens (tertiary/aromatic N) is 3. The predicted molar refractivity (Wildman–Crippen MR) is 110 cm³/mol. The number of aliphatic imine (C=N–C) groups is 1. The first-order valence-electron chi connectivity index (χ1n) is 10.7. The molecule has 2 aliphatic rings. The summed E-state index contributed by atoms with van der Waals surface area (Å²) in [6.45, 7) is 13.3. The van der Waals surface area contributed by atoms with Crippen LogP contribution in [-0.4, -0.2) is 60.9 Å². The van der Waals surface area contributed by atoms with Crippen LogP contribution in [-0.2, 0) is 21.4 Å². The largest absolute Gasteiger partial charge is 0.443 e. The van der Waals surface area contributed by atoms with Gasteiger partial charge in [-0.25, -0.2) is 9.98 Å². The summed E-state index contributed by atoms with van der Waals surface area (Å²) in [5.74, 6) is 2.48. The summed E-state index contributed by atoms with van der Waals surface area (Å²) < 4.78 is 17.6. The molecule has 1 N–H and O–H groups in total. The number of oxazole rings is 1. The van der Waals surface area contributed by atoms with E-state index in [1.54, 1.807) is 0 Å². The van der Waals surface area contributed by atoms with Gasteiger partial charge in [-0.15, -0.1) is 0 Å². The molecule has 0 spiro atoms. The molecule has 0 amide bonds. The second kappa shape index (κ2) is 9.74. The van der Waals surface area contributed by atoms with Crippen molar-refractivity contribution in [2.24, 2.45) is 4.99 Å². The predicted octanol–water partition coefficient (Wildman–Crippen LogP) is 3.10. The number of likely N-dealkylation sites (tertiary alicyclic amines) is 1. The fourth-order valence-electron chi connectivity index (χ4n) is 3.55. The van der Waals surface area contributed by atoms with E-state index in [4.69, 9.17) is 18.9 Å². The van der Waals surface area contributed by atoms with Gasteiger partial charge in [-0.05, 0) is 32.6 Å². The minimum atomic E-state index is -0.0368. The zero-order valence-corrected chi connectivity index (χ0v) is 17.9. The van der Waals surface area contributed by atoms with Gasteiger partial charge in [0.15, 0.2) is 5.96 Å². The third kappa shape index (κ3) is 5.95. The molecule has 3 heterocycles. The Balaban J connectivity index is 1.49. The molecule has 2 saturated heterocycles. The van der Waals surface area contributed by atoms with Crippen molar-refractivity contribution < 1.29 is 13.9 Å². The van der Waals surface area contributed by atoms with Crippen LogP contribution >= 0.6 is 0 Å². The molecular weight excluding hydrogens is 356 g/mol. The normalized spacial score (nSPS) is 22.1. The number of hydrogen-bond donors (Lipinski definition) is 1. The van der Waals surface area contributed by atoms with E-state index in [0.29, 0.717) is 24.6 Å². The maximum Gasteiger partial charge on any atom is 0.216 e. The number of rotatable bonds is 6. The minimum absolute atomic E-state index is 0.0368. The number of ether oxygens (including phenoxy) is 2. The van der Waals surface area contributed by atoms with Crippen LogP contribution in [0.4, 0.5) is 0 Å². The number of aromatic nitrogens is 1. The van der Waals surface area contributed by atoms with Gasteiger partial charge >= 0.3 is 0 Å². The summed E-state index contributed by atoms with van der Waals surface area (Å²) in [6.07, 6.45) is 6.77. The second-order valence-electron chi connectivity index (χ2n) is 8.69. The van der Waals surface area contributed by atoms with Gasteiger partial charge in [-0.2, -0.15) is 0 Å². The van der Waals surface area contributed by atoms with Crippen molar-refractivity contribution in [3.8, 4) is 0 Å². The second-order valence-corrected chi connectivity index (χ2v) is 8.69. The zero-order valence-electron chi connectivity index (χ0n) is 17.9. The molecule has 2 fully saturated rings. The van der Waals surface area contributed by atoms with Crippen LogP contribution in [0.15, 0.2) is 15.6 Å². The van der Waals surface area contributed by atoms with Gasteiger partial charge in [0.25, 0.3) is 0 Å². The van der Waals surface area contributed by atoms with Crippen LogP contribution in [0.2, 0.25) is 0 Å². The average Bonchev–Trinajstić information content (AvgIpc) is 3.35. The van der Waals surface area contributed by atoms with E-state index < -0.39 is 0 Å². The zero-order chi connectivity index (χ0) is 20.0. The standard InChI is InChI=1S/C21H36N4O3/c1-5-22-20(24-14-19-23-13-18(28-19)21(2,3)4)25-10-8-16(9-11-25)27-15-17-7-6-12-26-17/h13,16-17H,5-12,14-15H2,1-4H3,(H,22,24).